The predicted molar refractivity (Wildman–Crippen MR) is 188 cm³/mol. The van der Waals surface area contributed by atoms with E-state index in [-0.39, 0.29) is 12.4 Å². The second kappa shape index (κ2) is 11.9. The van der Waals surface area contributed by atoms with Crippen LogP contribution in [-0.4, -0.2) is 24.9 Å². The van der Waals surface area contributed by atoms with Crippen LogP contribution < -0.4 is 17.0 Å². The highest BCUT2D eigenvalue weighted by Gasteiger charge is 2.20. The van der Waals surface area contributed by atoms with Gasteiger partial charge in [0.25, 0.3) is 0 Å². The molecule has 0 radical (unpaired) electrons. The maximum absolute atomic E-state index is 5.18. The Morgan fingerprint density at radius 1 is 0.396 bits per heavy atom. The third kappa shape index (κ3) is 4.82. The Morgan fingerprint density at radius 2 is 0.812 bits per heavy atom. The summed E-state index contributed by atoms with van der Waals surface area (Å²) in [6.07, 6.45) is 1.60. The van der Waals surface area contributed by atoms with Gasteiger partial charge >= 0.3 is 0 Å². The number of fused-ring (bicyclic) bond motifs is 4. The van der Waals surface area contributed by atoms with Crippen LogP contribution in [0.1, 0.15) is 0 Å². The molecular weight excluding hydrogens is 612 g/mol. The Balaban J connectivity index is 0.00000336. The molecule has 5 heterocycles. The van der Waals surface area contributed by atoms with Crippen molar-refractivity contribution in [2.24, 2.45) is 7.05 Å². The predicted octanol–water partition coefficient (Wildman–Crippen LogP) is 5.77. The van der Waals surface area contributed by atoms with E-state index in [9.17, 15) is 0 Å². The third-order valence-electron chi connectivity index (χ3n) is 8.86. The molecule has 0 aliphatic heterocycles. The van der Waals surface area contributed by atoms with Gasteiger partial charge in [0, 0.05) is 34.0 Å². The van der Waals surface area contributed by atoms with E-state index < -0.39 is 0 Å². The van der Waals surface area contributed by atoms with Crippen LogP contribution in [0.15, 0.2) is 146 Å². The number of para-hydroxylation sites is 4. The molecule has 0 spiro atoms. The zero-order valence-corrected chi connectivity index (χ0v) is 26.7. The minimum Gasteiger partial charge on any atom is -1.00 e. The first-order valence-corrected chi connectivity index (χ1v) is 15.6. The van der Waals surface area contributed by atoms with Crippen molar-refractivity contribution in [1.82, 2.24) is 24.9 Å². The molecule has 0 saturated heterocycles. The molecule has 48 heavy (non-hydrogen) atoms. The van der Waals surface area contributed by atoms with Gasteiger partial charge in [0.15, 0.2) is 0 Å². The first-order valence-electron chi connectivity index (χ1n) is 15.6. The summed E-state index contributed by atoms with van der Waals surface area (Å²) < 4.78 is 2.24. The van der Waals surface area contributed by atoms with Crippen molar-refractivity contribution in [2.75, 3.05) is 0 Å². The van der Waals surface area contributed by atoms with Crippen molar-refractivity contribution < 1.29 is 17.0 Å². The van der Waals surface area contributed by atoms with Gasteiger partial charge in [0.05, 0.1) is 56.0 Å². The molecule has 0 saturated carbocycles. The van der Waals surface area contributed by atoms with Crippen molar-refractivity contribution in [3.63, 3.8) is 0 Å². The van der Waals surface area contributed by atoms with Crippen molar-refractivity contribution in [1.29, 1.82) is 0 Å². The molecule has 7 heteroatoms. The van der Waals surface area contributed by atoms with Crippen LogP contribution in [0.5, 0.6) is 0 Å². The van der Waals surface area contributed by atoms with Crippen LogP contribution in [0.25, 0.3) is 88.9 Å². The van der Waals surface area contributed by atoms with E-state index in [1.165, 1.54) is 0 Å². The zero-order valence-electron chi connectivity index (χ0n) is 25.9. The van der Waals surface area contributed by atoms with E-state index in [1.807, 2.05) is 60.7 Å². The van der Waals surface area contributed by atoms with Crippen molar-refractivity contribution in [3.05, 3.63) is 146 Å². The topological polar surface area (TPSA) is 68.3 Å². The summed E-state index contributed by atoms with van der Waals surface area (Å²) in [5.41, 5.74) is 11.1. The molecule has 0 bridgehead atoms. The minimum atomic E-state index is 0. The number of aryl methyl sites for hydroxylation is 1. The van der Waals surface area contributed by atoms with Gasteiger partial charge in [-0.1, -0.05) is 72.8 Å². The van der Waals surface area contributed by atoms with Gasteiger partial charge in [-0.25, -0.2) is 24.9 Å². The molecule has 0 amide bonds. The van der Waals surface area contributed by atoms with Crippen LogP contribution >= 0.6 is 0 Å². The quantitative estimate of drug-likeness (QED) is 0.181. The molecule has 0 fully saturated rings. The molecule has 228 valence electrons. The fraction of sp³-hybridized carbons (Fsp3) is 0.0244. The molecule has 0 aliphatic rings. The van der Waals surface area contributed by atoms with E-state index in [4.69, 9.17) is 15.0 Å². The summed E-state index contributed by atoms with van der Waals surface area (Å²) in [7, 11) is 2.11. The Kier molecular flexibility index (Phi) is 7.28. The summed E-state index contributed by atoms with van der Waals surface area (Å²) in [6, 6.07) is 47.6. The number of hydrogen-bond acceptors (Lipinski definition) is 5. The van der Waals surface area contributed by atoms with Crippen molar-refractivity contribution >= 4 is 43.6 Å². The van der Waals surface area contributed by atoms with Crippen molar-refractivity contribution in [3.8, 4) is 45.3 Å². The average molecular weight is 639 g/mol. The molecule has 0 unspecified atom stereocenters. The van der Waals surface area contributed by atoms with E-state index in [0.29, 0.717) is 0 Å². The Hall–Kier alpha value is -6.11. The second-order valence-corrected chi connectivity index (χ2v) is 11.6. The summed E-state index contributed by atoms with van der Waals surface area (Å²) in [5.74, 6) is 0. The monoisotopic (exact) mass is 638 g/mol. The summed E-state index contributed by atoms with van der Waals surface area (Å²) in [4.78, 5) is 24.5. The number of hydrogen-bond donors (Lipinski definition) is 0. The molecule has 9 aromatic rings. The molecule has 5 aromatic heterocycles. The van der Waals surface area contributed by atoms with E-state index in [0.717, 1.165) is 88.9 Å². The van der Waals surface area contributed by atoms with Crippen LogP contribution in [-0.2, 0) is 7.05 Å². The van der Waals surface area contributed by atoms with E-state index in [1.54, 1.807) is 6.33 Å². The van der Waals surface area contributed by atoms with Crippen LogP contribution in [0.3, 0.4) is 0 Å². The number of nitrogens with zero attached hydrogens (tertiary/aromatic N) is 6. The van der Waals surface area contributed by atoms with E-state index >= 15 is 0 Å². The molecule has 6 nitrogen and oxygen atoms in total. The van der Waals surface area contributed by atoms with Gasteiger partial charge < -0.3 is 12.4 Å². The first kappa shape index (κ1) is 29.3. The molecule has 0 aliphatic carbocycles. The molecule has 9 rings (SSSR count). The average Bonchev–Trinajstić information content (AvgIpc) is 3.14. The summed E-state index contributed by atoms with van der Waals surface area (Å²) in [5, 5.41) is 4.43. The lowest BCUT2D eigenvalue weighted by atomic mass is 9.98. The van der Waals surface area contributed by atoms with Gasteiger partial charge in [-0.2, -0.15) is 4.57 Å². The largest absolute Gasteiger partial charge is 1.00 e. The Labute approximate surface area is 282 Å². The first-order chi connectivity index (χ1) is 23.2. The SMILES string of the molecule is C[n+]1c2ccccc2c(-c2cccc(-c3cc(-c4cccc(-c5c6ccccc6nc6ccccc56)n4)ncn3)n2)c2ccccc21.[Cl-]. The number of aromatic nitrogens is 6. The zero-order chi connectivity index (χ0) is 31.3. The lowest BCUT2D eigenvalue weighted by Crippen LogP contribution is -3.00. The number of halogens is 1. The minimum absolute atomic E-state index is 0. The number of pyridine rings is 4. The van der Waals surface area contributed by atoms with E-state index in [2.05, 4.69) is 100 Å². The summed E-state index contributed by atoms with van der Waals surface area (Å²) in [6.45, 7) is 0. The highest BCUT2D eigenvalue weighted by Crippen LogP contribution is 2.36. The maximum atomic E-state index is 5.18. The fourth-order valence-electron chi connectivity index (χ4n) is 6.69. The highest BCUT2D eigenvalue weighted by molar-refractivity contribution is 6.09. The number of benzene rings is 4. The van der Waals surface area contributed by atoms with Gasteiger partial charge in [0.1, 0.15) is 13.4 Å². The highest BCUT2D eigenvalue weighted by atomic mass is 35.5. The smallest absolute Gasteiger partial charge is 0.213 e. The standard InChI is InChI=1S/C41H27N6.ClH/c1-47-38-22-8-4-14-28(38)41(29-15-5-9-23-39(29)47)35-21-11-19-33(46-35)37-24-36(42-25-43-37)32-18-10-20-34(45-32)40-26-12-2-6-16-30(26)44-31-17-7-3-13-27(31)40;/h2-25H,1H3;1H/q+1;/p-1. The van der Waals surface area contributed by atoms with Crippen molar-refractivity contribution in [2.45, 2.75) is 0 Å². The van der Waals surface area contributed by atoms with Gasteiger partial charge in [-0.05, 0) is 54.6 Å². The molecule has 0 atom stereocenters. The lowest BCUT2D eigenvalue weighted by Gasteiger charge is -2.12. The normalized spacial score (nSPS) is 11.3. The molecule has 0 N–H and O–H groups in total. The van der Waals surface area contributed by atoms with Gasteiger partial charge in [-0.3, -0.25) is 0 Å². The van der Waals surface area contributed by atoms with Gasteiger partial charge in [-0.15, -0.1) is 0 Å². The molecule has 4 aromatic carbocycles. The lowest BCUT2D eigenvalue weighted by molar-refractivity contribution is -0.617. The molecular formula is C41H27ClN6. The fourth-order valence-corrected chi connectivity index (χ4v) is 6.69. The second-order valence-electron chi connectivity index (χ2n) is 11.6. The van der Waals surface area contributed by atoms with Crippen LogP contribution in [0, 0.1) is 0 Å². The Morgan fingerprint density at radius 3 is 1.33 bits per heavy atom. The van der Waals surface area contributed by atoms with Crippen LogP contribution in [0.2, 0.25) is 0 Å². The maximum Gasteiger partial charge on any atom is 0.213 e. The van der Waals surface area contributed by atoms with Crippen LogP contribution in [0.4, 0.5) is 0 Å². The van der Waals surface area contributed by atoms with Gasteiger partial charge in [0.2, 0.25) is 11.0 Å². The number of rotatable bonds is 4. The Bertz CT molecular complexity index is 2560. The third-order valence-corrected chi connectivity index (χ3v) is 8.86. The summed E-state index contributed by atoms with van der Waals surface area (Å²) >= 11 is 0.